The number of carboxylic acid groups (broad SMARTS) is 1. The largest absolute Gasteiger partial charge is 0.494 e. The molecule has 0 aliphatic heterocycles. The second-order valence-electron chi connectivity index (χ2n) is 8.40. The molecule has 3 N–H and O–H groups in total. The third-order valence-corrected chi connectivity index (χ3v) is 6.08. The number of rotatable bonds is 9. The number of imide groups is 1. The smallest absolute Gasteiger partial charge is 0.322 e. The first-order chi connectivity index (χ1) is 16.3. The number of amides is 3. The molecule has 0 unspecified atom stereocenters. The maximum atomic E-state index is 13.3. The molecule has 3 amide bonds. The van der Waals surface area contributed by atoms with Crippen molar-refractivity contribution in [2.24, 2.45) is 0 Å². The summed E-state index contributed by atoms with van der Waals surface area (Å²) in [7, 11) is 1.58. The van der Waals surface area contributed by atoms with E-state index in [0.717, 1.165) is 47.8 Å². The number of carbonyl (C=O) groups excluding carboxylic acids is 3. The number of aliphatic hydroxyl groups excluding tert-OH is 1. The van der Waals surface area contributed by atoms with Gasteiger partial charge in [0.15, 0.2) is 5.57 Å². The SMILES string of the molecule is CN(/C(O)=C(/C(=O)NCC(=O)O)C(=O)N(C=O)Cc1ccc2ccccc2c1)C1CCCCC1. The van der Waals surface area contributed by atoms with Crippen molar-refractivity contribution in [3.63, 3.8) is 0 Å². The average molecular weight is 468 g/mol. The highest BCUT2D eigenvalue weighted by molar-refractivity contribution is 6.20. The summed E-state index contributed by atoms with van der Waals surface area (Å²) >= 11 is 0. The first kappa shape index (κ1) is 24.8. The summed E-state index contributed by atoms with van der Waals surface area (Å²) in [5.74, 6) is -3.95. The number of fused-ring (bicyclic) bond motifs is 1. The lowest BCUT2D eigenvalue weighted by Gasteiger charge is -2.33. The van der Waals surface area contributed by atoms with Gasteiger partial charge in [-0.1, -0.05) is 55.7 Å². The van der Waals surface area contributed by atoms with Crippen molar-refractivity contribution in [1.82, 2.24) is 15.1 Å². The lowest BCUT2D eigenvalue weighted by molar-refractivity contribution is -0.140. The first-order valence-corrected chi connectivity index (χ1v) is 11.2. The number of nitrogens with one attached hydrogen (secondary N) is 1. The second kappa shape index (κ2) is 11.3. The summed E-state index contributed by atoms with van der Waals surface area (Å²) < 4.78 is 0. The third-order valence-electron chi connectivity index (χ3n) is 6.08. The van der Waals surface area contributed by atoms with Crippen LogP contribution >= 0.6 is 0 Å². The molecule has 3 rings (SSSR count). The van der Waals surface area contributed by atoms with Gasteiger partial charge in [0.05, 0.1) is 6.54 Å². The molecule has 0 bridgehead atoms. The van der Waals surface area contributed by atoms with Gasteiger partial charge in [-0.05, 0) is 35.2 Å². The van der Waals surface area contributed by atoms with E-state index in [1.165, 1.54) is 4.90 Å². The van der Waals surface area contributed by atoms with Crippen molar-refractivity contribution in [3.8, 4) is 0 Å². The molecule has 1 fully saturated rings. The average Bonchev–Trinajstić information content (AvgIpc) is 2.85. The number of hydrogen-bond acceptors (Lipinski definition) is 6. The van der Waals surface area contributed by atoms with Crippen molar-refractivity contribution in [2.45, 2.75) is 44.7 Å². The van der Waals surface area contributed by atoms with Crippen LogP contribution < -0.4 is 5.32 Å². The van der Waals surface area contributed by atoms with Crippen LogP contribution in [0.5, 0.6) is 0 Å². The van der Waals surface area contributed by atoms with Gasteiger partial charge in [-0.2, -0.15) is 0 Å². The molecular weight excluding hydrogens is 438 g/mol. The van der Waals surface area contributed by atoms with Crippen LogP contribution in [0.3, 0.4) is 0 Å². The summed E-state index contributed by atoms with van der Waals surface area (Å²) in [5, 5.41) is 23.9. The molecule has 0 saturated heterocycles. The molecule has 0 aromatic heterocycles. The van der Waals surface area contributed by atoms with Crippen LogP contribution in [0.2, 0.25) is 0 Å². The molecule has 0 radical (unpaired) electrons. The highest BCUT2D eigenvalue weighted by Crippen LogP contribution is 2.25. The number of carbonyl (C=O) groups is 4. The van der Waals surface area contributed by atoms with E-state index in [1.54, 1.807) is 13.1 Å². The number of nitrogens with zero attached hydrogens (tertiary/aromatic N) is 2. The number of benzene rings is 2. The van der Waals surface area contributed by atoms with Crippen LogP contribution in [0, 0.1) is 0 Å². The van der Waals surface area contributed by atoms with Gasteiger partial charge >= 0.3 is 5.97 Å². The van der Waals surface area contributed by atoms with Crippen molar-refractivity contribution >= 4 is 35.0 Å². The Hall–Kier alpha value is -3.88. The van der Waals surface area contributed by atoms with Gasteiger partial charge in [0.2, 0.25) is 12.3 Å². The lowest BCUT2D eigenvalue weighted by Crippen LogP contribution is -2.42. The number of hydrogen-bond donors (Lipinski definition) is 3. The Labute approximate surface area is 197 Å². The minimum atomic E-state index is -1.30. The Bertz CT molecular complexity index is 1110. The topological polar surface area (TPSA) is 127 Å². The van der Waals surface area contributed by atoms with Crippen molar-refractivity contribution in [2.75, 3.05) is 13.6 Å². The minimum Gasteiger partial charge on any atom is -0.494 e. The van der Waals surface area contributed by atoms with Crippen LogP contribution in [0.4, 0.5) is 0 Å². The van der Waals surface area contributed by atoms with E-state index in [1.807, 2.05) is 36.4 Å². The zero-order valence-corrected chi connectivity index (χ0v) is 19.1. The van der Waals surface area contributed by atoms with Gasteiger partial charge in [0, 0.05) is 13.1 Å². The second-order valence-corrected chi connectivity index (χ2v) is 8.40. The molecule has 2 aromatic carbocycles. The monoisotopic (exact) mass is 467 g/mol. The zero-order chi connectivity index (χ0) is 24.7. The van der Waals surface area contributed by atoms with Crippen molar-refractivity contribution < 1.29 is 29.4 Å². The van der Waals surface area contributed by atoms with E-state index in [-0.39, 0.29) is 12.6 Å². The highest BCUT2D eigenvalue weighted by Gasteiger charge is 2.32. The highest BCUT2D eigenvalue weighted by atomic mass is 16.4. The van der Waals surface area contributed by atoms with E-state index < -0.39 is 35.8 Å². The van der Waals surface area contributed by atoms with Gasteiger partial charge in [0.1, 0.15) is 6.54 Å². The van der Waals surface area contributed by atoms with E-state index >= 15 is 0 Å². The van der Waals surface area contributed by atoms with Gasteiger partial charge in [-0.15, -0.1) is 0 Å². The third kappa shape index (κ3) is 5.92. The fourth-order valence-electron chi connectivity index (χ4n) is 4.19. The molecule has 0 atom stereocenters. The Morgan fingerprint density at radius 3 is 2.35 bits per heavy atom. The summed E-state index contributed by atoms with van der Waals surface area (Å²) in [6.45, 7) is -0.856. The number of carboxylic acids is 1. The fourth-order valence-corrected chi connectivity index (χ4v) is 4.19. The summed E-state index contributed by atoms with van der Waals surface area (Å²) in [6, 6.07) is 13.0. The normalized spacial score (nSPS) is 14.7. The first-order valence-electron chi connectivity index (χ1n) is 11.2. The van der Waals surface area contributed by atoms with E-state index in [2.05, 4.69) is 5.32 Å². The van der Waals surface area contributed by atoms with E-state index in [9.17, 15) is 24.3 Å². The fraction of sp³-hybridized carbons (Fsp3) is 0.360. The number of aliphatic hydroxyl groups is 1. The molecule has 1 aliphatic rings. The van der Waals surface area contributed by atoms with Crippen LogP contribution in [0.15, 0.2) is 53.9 Å². The molecule has 2 aromatic rings. The van der Waals surface area contributed by atoms with Crippen LogP contribution in [0.1, 0.15) is 37.7 Å². The summed E-state index contributed by atoms with van der Waals surface area (Å²) in [5.41, 5.74) is -0.00761. The van der Waals surface area contributed by atoms with Crippen LogP contribution in [-0.2, 0) is 25.7 Å². The number of aliphatic carboxylic acids is 1. The molecule has 0 spiro atoms. The predicted octanol–water partition coefficient (Wildman–Crippen LogP) is 2.56. The maximum absolute atomic E-state index is 13.3. The predicted molar refractivity (Wildman–Crippen MR) is 125 cm³/mol. The van der Waals surface area contributed by atoms with Gasteiger partial charge in [0.25, 0.3) is 11.8 Å². The Balaban J connectivity index is 1.91. The molecule has 9 heteroatoms. The Kier molecular flexibility index (Phi) is 8.24. The van der Waals surface area contributed by atoms with Crippen molar-refractivity contribution in [1.29, 1.82) is 0 Å². The van der Waals surface area contributed by atoms with Crippen LogP contribution in [0.25, 0.3) is 10.8 Å². The van der Waals surface area contributed by atoms with Gasteiger partial charge in [-0.25, -0.2) is 0 Å². The zero-order valence-electron chi connectivity index (χ0n) is 19.1. The molecule has 34 heavy (non-hydrogen) atoms. The van der Waals surface area contributed by atoms with E-state index in [0.29, 0.717) is 12.0 Å². The van der Waals surface area contributed by atoms with Gasteiger partial charge in [-0.3, -0.25) is 24.1 Å². The maximum Gasteiger partial charge on any atom is 0.322 e. The molecular formula is C25H29N3O6. The molecule has 0 heterocycles. The quantitative estimate of drug-likeness (QED) is 0.170. The van der Waals surface area contributed by atoms with Crippen LogP contribution in [-0.4, -0.2) is 63.8 Å². The van der Waals surface area contributed by atoms with E-state index in [4.69, 9.17) is 5.11 Å². The lowest BCUT2D eigenvalue weighted by atomic mass is 9.94. The molecule has 1 saturated carbocycles. The van der Waals surface area contributed by atoms with Crippen molar-refractivity contribution in [3.05, 3.63) is 59.5 Å². The van der Waals surface area contributed by atoms with Gasteiger partial charge < -0.3 is 20.4 Å². The standard InChI is InChI=1S/C25H29N3O6/c1-27(20-9-3-2-4-10-20)24(33)22(23(32)26-14-21(30)31)25(34)28(16-29)15-17-11-12-18-7-5-6-8-19(18)13-17/h5-8,11-13,16,20,33H,2-4,9-10,14-15H2,1H3,(H,26,32)(H,30,31)/b24-22+. The molecule has 180 valence electrons. The molecule has 9 nitrogen and oxygen atoms in total. The summed E-state index contributed by atoms with van der Waals surface area (Å²) in [4.78, 5) is 51.1. The Morgan fingerprint density at radius 1 is 1.03 bits per heavy atom. The molecule has 1 aliphatic carbocycles. The minimum absolute atomic E-state index is 0.0750. The summed E-state index contributed by atoms with van der Waals surface area (Å²) in [6.07, 6.45) is 4.86. The Morgan fingerprint density at radius 2 is 1.71 bits per heavy atom.